The molecule has 7 heteroatoms. The van der Waals surface area contributed by atoms with Gasteiger partial charge < -0.3 is 21.3 Å². The largest absolute Gasteiger partial charge is 0.469 e. The number of nitrogens with two attached hydrogens (primary N) is 2. The minimum atomic E-state index is -4.33. The summed E-state index contributed by atoms with van der Waals surface area (Å²) in [6.07, 6.45) is 13.3. The highest BCUT2D eigenvalue weighted by Crippen LogP contribution is 2.36. The van der Waals surface area contributed by atoms with Gasteiger partial charge in [-0.05, 0) is 31.2 Å². The molecule has 0 unspecified atom stereocenters. The number of hydrogen-bond acceptors (Lipinski definition) is 4. The van der Waals surface area contributed by atoms with E-state index >= 15 is 0 Å². The van der Waals surface area contributed by atoms with Gasteiger partial charge in [-0.25, -0.2) is 4.57 Å². The number of benzene rings is 1. The molecule has 0 aliphatic heterocycles. The molecule has 0 bridgehead atoms. The molecule has 3 rings (SSSR count). The lowest BCUT2D eigenvalue weighted by molar-refractivity contribution is 0.189. The summed E-state index contributed by atoms with van der Waals surface area (Å²) in [7, 11) is -4.33. The molecular formula is C19H35N2O4P. The van der Waals surface area contributed by atoms with Gasteiger partial charge in [-0.1, -0.05) is 68.9 Å². The van der Waals surface area contributed by atoms with Crippen LogP contribution in [0.25, 0.3) is 0 Å². The SMILES string of the molecule is NC1CCCCC1.NC1CCCCC1.O=P(O)(O)OCc1ccccc1. The average Bonchev–Trinajstić information content (AvgIpc) is 2.63. The summed E-state index contributed by atoms with van der Waals surface area (Å²) in [6, 6.07) is 9.91. The molecule has 0 aromatic heterocycles. The van der Waals surface area contributed by atoms with Crippen LogP contribution >= 0.6 is 7.82 Å². The molecule has 0 radical (unpaired) electrons. The molecule has 1 aromatic rings. The highest BCUT2D eigenvalue weighted by atomic mass is 31.2. The first-order chi connectivity index (χ1) is 12.4. The third kappa shape index (κ3) is 13.5. The highest BCUT2D eigenvalue weighted by Gasteiger charge is 2.13. The van der Waals surface area contributed by atoms with Gasteiger partial charge in [0.15, 0.2) is 0 Å². The van der Waals surface area contributed by atoms with Gasteiger partial charge in [0.1, 0.15) is 0 Å². The van der Waals surface area contributed by atoms with E-state index in [2.05, 4.69) is 4.52 Å². The molecule has 0 amide bonds. The molecule has 0 atom stereocenters. The maximum absolute atomic E-state index is 10.3. The molecule has 6 N–H and O–H groups in total. The van der Waals surface area contributed by atoms with E-state index in [1.54, 1.807) is 24.3 Å². The van der Waals surface area contributed by atoms with Crippen LogP contribution in [0, 0.1) is 0 Å². The van der Waals surface area contributed by atoms with Crippen molar-refractivity contribution in [3.8, 4) is 0 Å². The summed E-state index contributed by atoms with van der Waals surface area (Å²) in [5, 5.41) is 0. The Labute approximate surface area is 157 Å². The first-order valence-electron chi connectivity index (χ1n) is 9.62. The van der Waals surface area contributed by atoms with Gasteiger partial charge in [0, 0.05) is 12.1 Å². The van der Waals surface area contributed by atoms with E-state index in [1.165, 1.54) is 64.2 Å². The van der Waals surface area contributed by atoms with Crippen LogP contribution in [0.1, 0.15) is 69.8 Å². The Hall–Kier alpha value is -0.750. The minimum Gasteiger partial charge on any atom is -0.328 e. The lowest BCUT2D eigenvalue weighted by Gasteiger charge is -2.15. The summed E-state index contributed by atoms with van der Waals surface area (Å²) in [5.74, 6) is 0. The second-order valence-electron chi connectivity index (χ2n) is 7.05. The zero-order valence-corrected chi connectivity index (χ0v) is 16.5. The van der Waals surface area contributed by atoms with E-state index in [1.807, 2.05) is 6.07 Å². The van der Waals surface area contributed by atoms with Crippen LogP contribution in [0.3, 0.4) is 0 Å². The molecule has 26 heavy (non-hydrogen) atoms. The summed E-state index contributed by atoms with van der Waals surface area (Å²) in [6.45, 7) is -0.0644. The van der Waals surface area contributed by atoms with Gasteiger partial charge in [-0.3, -0.25) is 4.52 Å². The van der Waals surface area contributed by atoms with E-state index in [9.17, 15) is 4.57 Å². The van der Waals surface area contributed by atoms with Crippen molar-refractivity contribution in [3.05, 3.63) is 35.9 Å². The van der Waals surface area contributed by atoms with Gasteiger partial charge in [0.2, 0.25) is 0 Å². The molecule has 1 aromatic carbocycles. The van der Waals surface area contributed by atoms with Crippen LogP contribution in [0.2, 0.25) is 0 Å². The Balaban J connectivity index is 0.000000207. The van der Waals surface area contributed by atoms with E-state index in [0.29, 0.717) is 12.1 Å². The Morgan fingerprint density at radius 3 is 1.58 bits per heavy atom. The van der Waals surface area contributed by atoms with Crippen molar-refractivity contribution in [1.29, 1.82) is 0 Å². The molecule has 6 nitrogen and oxygen atoms in total. The number of phosphoric ester groups is 1. The first-order valence-corrected chi connectivity index (χ1v) is 11.1. The molecule has 0 saturated heterocycles. The van der Waals surface area contributed by atoms with Crippen molar-refractivity contribution >= 4 is 7.82 Å². The molecule has 2 saturated carbocycles. The summed E-state index contributed by atoms with van der Waals surface area (Å²) in [5.41, 5.74) is 12.0. The van der Waals surface area contributed by atoms with Crippen LogP contribution in [-0.4, -0.2) is 21.9 Å². The summed E-state index contributed by atoms with van der Waals surface area (Å²) >= 11 is 0. The van der Waals surface area contributed by atoms with Crippen molar-refractivity contribution in [2.75, 3.05) is 0 Å². The Bertz CT molecular complexity index is 482. The van der Waals surface area contributed by atoms with Crippen LogP contribution in [0.15, 0.2) is 30.3 Å². The molecule has 2 aliphatic rings. The smallest absolute Gasteiger partial charge is 0.328 e. The summed E-state index contributed by atoms with van der Waals surface area (Å²) in [4.78, 5) is 16.7. The average molecular weight is 386 g/mol. The van der Waals surface area contributed by atoms with E-state index < -0.39 is 7.82 Å². The fraction of sp³-hybridized carbons (Fsp3) is 0.684. The molecule has 2 fully saturated rings. The molecule has 150 valence electrons. The van der Waals surface area contributed by atoms with Crippen molar-refractivity contribution in [1.82, 2.24) is 0 Å². The fourth-order valence-corrected chi connectivity index (χ4v) is 3.32. The van der Waals surface area contributed by atoms with Crippen molar-refractivity contribution < 1.29 is 18.9 Å². The first kappa shape index (κ1) is 23.3. The number of hydrogen-bond donors (Lipinski definition) is 4. The fourth-order valence-electron chi connectivity index (χ4n) is 3.00. The van der Waals surface area contributed by atoms with Gasteiger partial charge in [0.05, 0.1) is 6.61 Å². The predicted molar refractivity (Wildman–Crippen MR) is 105 cm³/mol. The van der Waals surface area contributed by atoms with Crippen molar-refractivity contribution in [2.24, 2.45) is 11.5 Å². The predicted octanol–water partition coefficient (Wildman–Crippen LogP) is 3.85. The molecular weight excluding hydrogens is 351 g/mol. The molecule has 2 aliphatic carbocycles. The Kier molecular flexibility index (Phi) is 12.0. The van der Waals surface area contributed by atoms with Gasteiger partial charge >= 0.3 is 7.82 Å². The number of phosphoric acid groups is 1. The lowest BCUT2D eigenvalue weighted by atomic mass is 9.97. The van der Waals surface area contributed by atoms with Crippen molar-refractivity contribution in [2.45, 2.75) is 82.9 Å². The zero-order chi connectivity index (χ0) is 19.3. The van der Waals surface area contributed by atoms with Crippen LogP contribution in [0.5, 0.6) is 0 Å². The van der Waals surface area contributed by atoms with Gasteiger partial charge in [0.25, 0.3) is 0 Å². The normalized spacial score (nSPS) is 18.9. The Morgan fingerprint density at radius 1 is 0.846 bits per heavy atom. The zero-order valence-electron chi connectivity index (χ0n) is 15.6. The minimum absolute atomic E-state index is 0.0644. The lowest BCUT2D eigenvalue weighted by Crippen LogP contribution is -2.22. The maximum Gasteiger partial charge on any atom is 0.469 e. The van der Waals surface area contributed by atoms with Gasteiger partial charge in [-0.2, -0.15) is 0 Å². The van der Waals surface area contributed by atoms with Crippen LogP contribution in [0.4, 0.5) is 0 Å². The highest BCUT2D eigenvalue weighted by molar-refractivity contribution is 7.46. The quantitative estimate of drug-likeness (QED) is 0.586. The molecule has 0 heterocycles. The Morgan fingerprint density at radius 2 is 1.27 bits per heavy atom. The second kappa shape index (κ2) is 13.4. The number of rotatable bonds is 3. The second-order valence-corrected chi connectivity index (χ2v) is 8.29. The standard InChI is InChI=1S/C7H9O4P.2C6H13N/c8-12(9,10)11-6-7-4-2-1-3-5-7;2*7-6-4-2-1-3-5-6/h1-5H,6H2,(H2,8,9,10);2*6H,1-5,7H2. The van der Waals surface area contributed by atoms with E-state index in [0.717, 1.165) is 5.56 Å². The van der Waals surface area contributed by atoms with Crippen molar-refractivity contribution in [3.63, 3.8) is 0 Å². The molecule has 0 spiro atoms. The summed E-state index contributed by atoms with van der Waals surface area (Å²) < 4.78 is 14.6. The van der Waals surface area contributed by atoms with E-state index in [-0.39, 0.29) is 6.61 Å². The van der Waals surface area contributed by atoms with Gasteiger partial charge in [-0.15, -0.1) is 0 Å². The van der Waals surface area contributed by atoms with E-state index in [4.69, 9.17) is 21.3 Å². The third-order valence-electron chi connectivity index (χ3n) is 4.54. The monoisotopic (exact) mass is 386 g/mol. The topological polar surface area (TPSA) is 119 Å². The maximum atomic E-state index is 10.3. The third-order valence-corrected chi connectivity index (χ3v) is 5.01. The van der Waals surface area contributed by atoms with Crippen LogP contribution in [-0.2, 0) is 15.7 Å². The van der Waals surface area contributed by atoms with Crippen LogP contribution < -0.4 is 11.5 Å².